The number of carbonyl (C=O) groups is 6. The average molecular weight is 1880 g/mol. The second-order valence-corrected chi connectivity index (χ2v) is 32.4. The van der Waals surface area contributed by atoms with Gasteiger partial charge in [0.2, 0.25) is 5.88 Å². The highest BCUT2D eigenvalue weighted by Gasteiger charge is 2.19. The Morgan fingerprint density at radius 3 is 1.05 bits per heavy atom. The zero-order valence-electron chi connectivity index (χ0n) is 71.7. The van der Waals surface area contributed by atoms with E-state index in [2.05, 4.69) is 64.2 Å². The lowest BCUT2D eigenvalue weighted by molar-refractivity contribution is 0.0983. The van der Waals surface area contributed by atoms with Crippen LogP contribution in [-0.4, -0.2) is 106 Å². The SMILES string of the molecule is COc1cccc(CC(=O)c2cccc(Oc3cccnc3)c2)n1.Cc1csc(CC(=O)c2cccc(Oc3cccnc3)c2)n1.Cc1nsc(CC(=O)c2cccc(Oc3cccnc3)c2)n1.O=C(Cc1ccccn1)c1cccc(Oc2cccnc2)c1.O=C(Cc1nccs1)c1cc(Cl)cc(Oc2cccnc2)c1.O=C(Cc1nccs1)c1cc(F)cc(Oc2cccnc2)c1. The number of Topliss-reactive ketones (excluding diaryl/α,β-unsaturated/α-hetero) is 6. The number of ether oxygens (including phenoxy) is 7. The van der Waals surface area contributed by atoms with Gasteiger partial charge in [-0.3, -0.25) is 63.7 Å². The molecule has 0 N–H and O–H groups in total. The minimum absolute atomic E-state index is 0.00668. The van der Waals surface area contributed by atoms with Crippen molar-refractivity contribution in [1.29, 1.82) is 0 Å². The van der Waals surface area contributed by atoms with Crippen LogP contribution in [0.2, 0.25) is 5.02 Å². The van der Waals surface area contributed by atoms with Crippen molar-refractivity contribution in [3.8, 4) is 74.9 Å². The van der Waals surface area contributed by atoms with Gasteiger partial charge < -0.3 is 33.2 Å². The molecular weight excluding hydrogens is 1800 g/mol. The van der Waals surface area contributed by atoms with Crippen LogP contribution in [0.25, 0.3) is 0 Å². The lowest BCUT2D eigenvalue weighted by Crippen LogP contribution is -2.05. The highest BCUT2D eigenvalue weighted by atomic mass is 35.5. The van der Waals surface area contributed by atoms with Gasteiger partial charge in [0.15, 0.2) is 34.7 Å². The topological polar surface area (TPSA) is 335 Å². The van der Waals surface area contributed by atoms with Crippen molar-refractivity contribution < 1.29 is 66.3 Å². The third kappa shape index (κ3) is 31.6. The zero-order chi connectivity index (χ0) is 93.4. The molecule has 0 saturated carbocycles. The largest absolute Gasteiger partial charge is 0.481 e. The van der Waals surface area contributed by atoms with E-state index in [1.54, 1.807) is 257 Å². The number of hydrogen-bond acceptors (Lipinski definition) is 30. The number of pyridine rings is 8. The predicted molar refractivity (Wildman–Crippen MR) is 508 cm³/mol. The molecule has 0 fully saturated rings. The van der Waals surface area contributed by atoms with Crippen LogP contribution in [0.15, 0.2) is 352 Å². The number of ketones is 6. The van der Waals surface area contributed by atoms with Gasteiger partial charge in [-0.15, -0.1) is 34.0 Å². The molecule has 12 aromatic heterocycles. The number of methoxy groups -OCH3 is 1. The normalized spacial score (nSPS) is 10.3. The monoisotopic (exact) mass is 1880 g/mol. The van der Waals surface area contributed by atoms with Crippen LogP contribution in [0.3, 0.4) is 0 Å². The number of hydrogen-bond donors (Lipinski definition) is 0. The number of halogens is 2. The molecule has 0 radical (unpaired) electrons. The molecule has 0 aliphatic rings. The first-order valence-electron chi connectivity index (χ1n) is 40.9. The molecule has 18 rings (SSSR count). The molecule has 668 valence electrons. The standard InChI is InChI=1S/C19H16N2O3.C18H14N2O2.C17H14N2O2S.C16H11ClN2O2S.C16H11FN2O2S.C16H13N3O2S/c1-23-19-9-3-6-15(21-19)12-18(22)14-5-2-7-16(11-14)24-17-8-4-10-20-13-17;21-18(12-15-6-1-2-10-20-15)14-5-3-7-16(11-14)22-17-8-4-9-19-13-17;1-12-11-22-17(19-12)9-16(20)13-4-2-5-14(8-13)21-15-6-3-7-18-10-15;2*17-12-6-11(15(20)9-16-19-4-5-22-16)7-14(8-12)21-13-2-1-3-18-10-13;1-11-18-16(22-19-11)9-15(20)12-4-2-5-13(8-12)21-14-6-3-7-17-10-14/h2-11,13H,12H2,1H3;1-11,13H,12H2;2-8,10-11H,9H2,1H3;2*1-8,10H,9H2;2-8,10H,9H2,1H3. The maximum atomic E-state index is 13.7. The molecule has 0 spiro atoms. The van der Waals surface area contributed by atoms with Crippen LogP contribution < -0.4 is 33.2 Å². The highest BCUT2D eigenvalue weighted by Crippen LogP contribution is 2.32. The minimum Gasteiger partial charge on any atom is -0.481 e. The van der Waals surface area contributed by atoms with Gasteiger partial charge >= 0.3 is 0 Å². The van der Waals surface area contributed by atoms with Crippen LogP contribution >= 0.6 is 57.1 Å². The first kappa shape index (κ1) is 95.4. The summed E-state index contributed by atoms with van der Waals surface area (Å²) in [5.74, 6) is 7.20. The van der Waals surface area contributed by atoms with Crippen molar-refractivity contribution in [3.63, 3.8) is 0 Å². The molecule has 0 unspecified atom stereocenters. The maximum Gasteiger partial charge on any atom is 0.213 e. The molecule has 0 aliphatic heterocycles. The molecule has 0 aliphatic carbocycles. The average Bonchev–Trinajstić information content (AvgIpc) is 1.29. The van der Waals surface area contributed by atoms with E-state index in [-0.39, 0.29) is 78.1 Å². The molecule has 26 nitrogen and oxygen atoms in total. The van der Waals surface area contributed by atoms with Crippen molar-refractivity contribution in [2.45, 2.75) is 52.4 Å². The second-order valence-electron chi connectivity index (χ2n) is 28.3. The van der Waals surface area contributed by atoms with Gasteiger partial charge in [0.1, 0.15) is 101 Å². The molecule has 0 saturated heterocycles. The smallest absolute Gasteiger partial charge is 0.213 e. The summed E-state index contributed by atoms with van der Waals surface area (Å²) >= 11 is 11.7. The van der Waals surface area contributed by atoms with E-state index < -0.39 is 5.82 Å². The van der Waals surface area contributed by atoms with E-state index in [0.29, 0.717) is 125 Å². The number of carbonyl (C=O) groups excluding carboxylic acids is 6. The quantitative estimate of drug-likeness (QED) is 0.0364. The lowest BCUT2D eigenvalue weighted by Gasteiger charge is -2.07. The van der Waals surface area contributed by atoms with Gasteiger partial charge in [-0.1, -0.05) is 72.3 Å². The molecule has 6 aromatic carbocycles. The Morgan fingerprint density at radius 1 is 0.313 bits per heavy atom. The summed E-state index contributed by atoms with van der Waals surface area (Å²) in [4.78, 5) is 123. The Kier molecular flexibility index (Phi) is 35.7. The van der Waals surface area contributed by atoms with Gasteiger partial charge in [0.25, 0.3) is 0 Å². The van der Waals surface area contributed by atoms with Gasteiger partial charge in [-0.2, -0.15) is 4.37 Å². The van der Waals surface area contributed by atoms with Crippen molar-refractivity contribution in [2.75, 3.05) is 7.11 Å². The highest BCUT2D eigenvalue weighted by molar-refractivity contribution is 7.10. The first-order valence-corrected chi connectivity index (χ1v) is 44.7. The molecule has 32 heteroatoms. The van der Waals surface area contributed by atoms with E-state index in [9.17, 15) is 33.2 Å². The first-order chi connectivity index (χ1) is 65.4. The van der Waals surface area contributed by atoms with Crippen LogP contribution in [-0.2, 0) is 38.5 Å². The fourth-order valence-corrected chi connectivity index (χ4v) is 14.9. The van der Waals surface area contributed by atoms with E-state index in [4.69, 9.17) is 44.8 Å². The van der Waals surface area contributed by atoms with Crippen LogP contribution in [0.5, 0.6) is 74.9 Å². The van der Waals surface area contributed by atoms with E-state index in [1.807, 2.05) is 91.3 Å². The van der Waals surface area contributed by atoms with Crippen molar-refractivity contribution in [3.05, 3.63) is 439 Å². The van der Waals surface area contributed by atoms with Crippen LogP contribution in [0.1, 0.15) is 105 Å². The molecule has 12 heterocycles. The number of aryl methyl sites for hydroxylation is 2. The summed E-state index contributed by atoms with van der Waals surface area (Å²) < 4.78 is 56.8. The van der Waals surface area contributed by atoms with Crippen molar-refractivity contribution in [1.82, 2.24) is 64.2 Å². The molecular formula is C102H79ClFN13O13S4. The summed E-state index contributed by atoms with van der Waals surface area (Å²) in [7, 11) is 1.55. The number of rotatable bonds is 31. The van der Waals surface area contributed by atoms with Crippen molar-refractivity contribution in [2.24, 2.45) is 0 Å². The van der Waals surface area contributed by atoms with E-state index >= 15 is 0 Å². The predicted octanol–water partition coefficient (Wildman–Crippen LogP) is 23.2. The number of nitrogens with zero attached hydrogens (tertiary/aromatic N) is 13. The second kappa shape index (κ2) is 50.1. The summed E-state index contributed by atoms with van der Waals surface area (Å²) in [5, 5.41) is 9.07. The number of benzene rings is 6. The zero-order valence-corrected chi connectivity index (χ0v) is 75.8. The van der Waals surface area contributed by atoms with Gasteiger partial charge in [0, 0.05) is 134 Å². The Labute approximate surface area is 790 Å². The van der Waals surface area contributed by atoms with Crippen molar-refractivity contribution >= 4 is 91.8 Å². The Morgan fingerprint density at radius 2 is 0.679 bits per heavy atom. The van der Waals surface area contributed by atoms with Gasteiger partial charge in [0.05, 0.1) is 88.5 Å². The molecule has 0 bridgehead atoms. The molecule has 134 heavy (non-hydrogen) atoms. The Balaban J connectivity index is 0.000000136. The van der Waals surface area contributed by atoms with Crippen LogP contribution in [0.4, 0.5) is 4.39 Å². The number of aromatic nitrogens is 13. The third-order valence-electron chi connectivity index (χ3n) is 18.1. The third-order valence-corrected chi connectivity index (χ3v) is 21.6. The minimum atomic E-state index is -0.524. The van der Waals surface area contributed by atoms with Gasteiger partial charge in [-0.25, -0.2) is 29.3 Å². The summed E-state index contributed by atoms with van der Waals surface area (Å²) in [5.41, 5.74) is 5.51. The Bertz CT molecular complexity index is 6570. The van der Waals surface area contributed by atoms with E-state index in [1.165, 1.54) is 69.9 Å². The van der Waals surface area contributed by atoms with Gasteiger partial charge in [-0.05, 0) is 195 Å². The molecule has 18 aromatic rings. The Hall–Kier alpha value is -16.2. The van der Waals surface area contributed by atoms with E-state index in [0.717, 1.165) is 26.4 Å². The fourth-order valence-electron chi connectivity index (χ4n) is 12.0. The number of thiazole rings is 3. The summed E-state index contributed by atoms with van der Waals surface area (Å²) in [6.45, 7) is 3.74. The maximum absolute atomic E-state index is 13.7. The fraction of sp³-hybridized carbons (Fsp3) is 0.0882. The lowest BCUT2D eigenvalue weighted by atomic mass is 10.1. The molecule has 0 amide bonds. The molecule has 0 atom stereocenters. The summed E-state index contributed by atoms with van der Waals surface area (Å²) in [6, 6.07) is 69.7. The van der Waals surface area contributed by atoms with Crippen LogP contribution in [0, 0.1) is 19.7 Å². The summed E-state index contributed by atoms with van der Waals surface area (Å²) in [6.07, 6.45) is 26.0.